The largest absolute Gasteiger partial charge is 0.355 e. The van der Waals surface area contributed by atoms with Crippen molar-refractivity contribution in [2.45, 2.75) is 25.7 Å². The Morgan fingerprint density at radius 1 is 0.848 bits per heavy atom. The zero-order chi connectivity index (χ0) is 22.8. The molecule has 2 aliphatic carbocycles. The van der Waals surface area contributed by atoms with E-state index in [1.165, 1.54) is 50.0 Å². The van der Waals surface area contributed by atoms with Gasteiger partial charge in [-0.25, -0.2) is 0 Å². The van der Waals surface area contributed by atoms with Gasteiger partial charge in [0.05, 0.1) is 5.41 Å². The molecule has 33 heavy (non-hydrogen) atoms. The fourth-order valence-electron chi connectivity index (χ4n) is 5.36. The average Bonchev–Trinajstić information content (AvgIpc) is 3.54. The van der Waals surface area contributed by atoms with Crippen molar-refractivity contribution < 1.29 is 0 Å². The summed E-state index contributed by atoms with van der Waals surface area (Å²) in [5.74, 6) is 0. The number of allylic oxidation sites excluding steroid dienone is 6. The fourth-order valence-corrected chi connectivity index (χ4v) is 5.36. The number of aromatic amines is 1. The van der Waals surface area contributed by atoms with Gasteiger partial charge in [0.2, 0.25) is 0 Å². The first-order valence-corrected chi connectivity index (χ1v) is 11.8. The number of hydrogen-bond acceptors (Lipinski definition) is 0. The summed E-state index contributed by atoms with van der Waals surface area (Å²) in [6.07, 6.45) is 15.8. The molecule has 2 aliphatic rings. The van der Waals surface area contributed by atoms with E-state index in [1.807, 2.05) is 26.0 Å². The summed E-state index contributed by atoms with van der Waals surface area (Å²) in [5, 5.41) is 1.34. The Balaban J connectivity index is 0.00000111. The van der Waals surface area contributed by atoms with Crippen molar-refractivity contribution in [1.29, 1.82) is 0 Å². The van der Waals surface area contributed by atoms with Crippen LogP contribution in [0.25, 0.3) is 28.1 Å². The van der Waals surface area contributed by atoms with Crippen LogP contribution < -0.4 is 0 Å². The molecule has 162 valence electrons. The molecule has 0 radical (unpaired) electrons. The molecule has 0 aliphatic heterocycles. The maximum absolute atomic E-state index is 3.81. The molecule has 0 bridgehead atoms. The standard InChI is InChI=1S/C30H23N.C2H6/c1-2-3-4-10-18-30(21-12-6-5-7-13-21)26-16-9-8-14-22(26)24-20-29-25(19-27(24)30)23-15-11-17-28(23)31-29;1-2/h2-14,16-20,31H,1,15H2;1-2H3/b4-3-,18-10?;. The van der Waals surface area contributed by atoms with Crippen molar-refractivity contribution in [3.63, 3.8) is 0 Å². The second kappa shape index (κ2) is 8.60. The molecule has 1 aromatic heterocycles. The van der Waals surface area contributed by atoms with Crippen LogP contribution in [0.3, 0.4) is 0 Å². The van der Waals surface area contributed by atoms with Gasteiger partial charge in [-0.1, -0.05) is 111 Å². The molecule has 1 heterocycles. The minimum Gasteiger partial charge on any atom is -0.355 e. The number of benzene rings is 3. The highest BCUT2D eigenvalue weighted by atomic mass is 14.7. The smallest absolute Gasteiger partial charge is 0.0647 e. The molecule has 1 nitrogen and oxygen atoms in total. The van der Waals surface area contributed by atoms with Gasteiger partial charge in [0.15, 0.2) is 0 Å². The van der Waals surface area contributed by atoms with Crippen molar-refractivity contribution >= 4 is 17.0 Å². The molecule has 1 atom stereocenters. The van der Waals surface area contributed by atoms with E-state index in [0.29, 0.717) is 0 Å². The van der Waals surface area contributed by atoms with E-state index in [9.17, 15) is 0 Å². The lowest BCUT2D eigenvalue weighted by Gasteiger charge is -2.30. The summed E-state index contributed by atoms with van der Waals surface area (Å²) in [4.78, 5) is 3.64. The van der Waals surface area contributed by atoms with E-state index in [4.69, 9.17) is 0 Å². The number of aromatic nitrogens is 1. The first-order chi connectivity index (χ1) is 16.3. The summed E-state index contributed by atoms with van der Waals surface area (Å²) >= 11 is 0. The van der Waals surface area contributed by atoms with E-state index < -0.39 is 0 Å². The zero-order valence-electron chi connectivity index (χ0n) is 19.3. The lowest BCUT2D eigenvalue weighted by Crippen LogP contribution is -2.24. The van der Waals surface area contributed by atoms with Gasteiger partial charge < -0.3 is 4.98 Å². The molecule has 0 saturated heterocycles. The number of hydrogen-bond donors (Lipinski definition) is 1. The number of rotatable bonds is 4. The lowest BCUT2D eigenvalue weighted by atomic mass is 9.72. The highest BCUT2D eigenvalue weighted by Crippen LogP contribution is 2.54. The molecule has 1 heteroatoms. The van der Waals surface area contributed by atoms with Crippen LogP contribution in [-0.4, -0.2) is 4.98 Å². The van der Waals surface area contributed by atoms with E-state index in [0.717, 1.165) is 6.42 Å². The predicted molar refractivity (Wildman–Crippen MR) is 143 cm³/mol. The van der Waals surface area contributed by atoms with Gasteiger partial charge in [-0.05, 0) is 58.0 Å². The first-order valence-electron chi connectivity index (χ1n) is 11.8. The van der Waals surface area contributed by atoms with Gasteiger partial charge in [0.1, 0.15) is 0 Å². The van der Waals surface area contributed by atoms with Crippen molar-refractivity contribution in [3.8, 4) is 11.1 Å². The highest BCUT2D eigenvalue weighted by molar-refractivity contribution is 5.97. The van der Waals surface area contributed by atoms with Gasteiger partial charge in [-0.3, -0.25) is 0 Å². The van der Waals surface area contributed by atoms with E-state index >= 15 is 0 Å². The molecule has 4 aromatic rings. The Labute approximate surface area is 196 Å². The molecule has 0 saturated carbocycles. The van der Waals surface area contributed by atoms with Crippen LogP contribution in [0.5, 0.6) is 0 Å². The summed E-state index contributed by atoms with van der Waals surface area (Å²) in [6, 6.07) is 24.5. The quantitative estimate of drug-likeness (QED) is 0.315. The first kappa shape index (κ1) is 21.0. The van der Waals surface area contributed by atoms with E-state index in [2.05, 4.69) is 109 Å². The van der Waals surface area contributed by atoms with Crippen molar-refractivity contribution in [2.24, 2.45) is 0 Å². The van der Waals surface area contributed by atoms with Crippen LogP contribution in [-0.2, 0) is 11.8 Å². The van der Waals surface area contributed by atoms with Crippen LogP contribution in [0.1, 0.15) is 41.8 Å². The Morgan fingerprint density at radius 2 is 1.64 bits per heavy atom. The van der Waals surface area contributed by atoms with Crippen molar-refractivity contribution in [1.82, 2.24) is 4.98 Å². The van der Waals surface area contributed by atoms with Crippen LogP contribution in [0.2, 0.25) is 0 Å². The van der Waals surface area contributed by atoms with Gasteiger partial charge in [0, 0.05) is 16.6 Å². The van der Waals surface area contributed by atoms with Gasteiger partial charge >= 0.3 is 0 Å². The molecule has 3 aromatic carbocycles. The summed E-state index contributed by atoms with van der Waals surface area (Å²) in [6.45, 7) is 7.81. The highest BCUT2D eigenvalue weighted by Gasteiger charge is 2.43. The lowest BCUT2D eigenvalue weighted by molar-refractivity contribution is 0.805. The Kier molecular flexibility index (Phi) is 5.48. The van der Waals surface area contributed by atoms with Crippen LogP contribution >= 0.6 is 0 Å². The third-order valence-electron chi connectivity index (χ3n) is 6.68. The van der Waals surface area contributed by atoms with Crippen LogP contribution in [0.4, 0.5) is 0 Å². The minimum atomic E-state index is -0.330. The zero-order valence-corrected chi connectivity index (χ0v) is 19.3. The Hall–Kier alpha value is -3.84. The third kappa shape index (κ3) is 3.15. The molecule has 0 spiro atoms. The topological polar surface area (TPSA) is 15.8 Å². The SMILES string of the molecule is C=C/C=C\C=CC1(c2ccccc2)c2ccccc2-c2cc3[nH]c4c(c3cc21)CC=C4.CC. The Morgan fingerprint density at radius 3 is 2.45 bits per heavy atom. The average molecular weight is 428 g/mol. The van der Waals surface area contributed by atoms with E-state index in [-0.39, 0.29) is 5.41 Å². The van der Waals surface area contributed by atoms with E-state index in [1.54, 1.807) is 0 Å². The van der Waals surface area contributed by atoms with Crippen molar-refractivity contribution in [2.75, 3.05) is 0 Å². The van der Waals surface area contributed by atoms with Gasteiger partial charge in [0.25, 0.3) is 0 Å². The van der Waals surface area contributed by atoms with Crippen LogP contribution in [0.15, 0.2) is 110 Å². The molecule has 1 N–H and O–H groups in total. The molecular formula is C32H29N. The summed E-state index contributed by atoms with van der Waals surface area (Å²) < 4.78 is 0. The van der Waals surface area contributed by atoms with Crippen LogP contribution in [0, 0.1) is 0 Å². The molecule has 0 fully saturated rings. The summed E-state index contributed by atoms with van der Waals surface area (Å²) in [7, 11) is 0. The summed E-state index contributed by atoms with van der Waals surface area (Å²) in [5.41, 5.74) is 10.2. The fraction of sp³-hybridized carbons (Fsp3) is 0.125. The molecular weight excluding hydrogens is 398 g/mol. The number of nitrogens with one attached hydrogen (secondary N) is 1. The van der Waals surface area contributed by atoms with Crippen molar-refractivity contribution in [3.05, 3.63) is 138 Å². The second-order valence-electron chi connectivity index (χ2n) is 8.27. The minimum absolute atomic E-state index is 0.330. The monoisotopic (exact) mass is 427 g/mol. The van der Waals surface area contributed by atoms with Gasteiger partial charge in [-0.2, -0.15) is 0 Å². The number of fused-ring (bicyclic) bond motifs is 6. The van der Waals surface area contributed by atoms with Gasteiger partial charge in [-0.15, -0.1) is 0 Å². The maximum Gasteiger partial charge on any atom is 0.0647 e. The molecule has 0 amide bonds. The predicted octanol–water partition coefficient (Wildman–Crippen LogP) is 8.38. The number of H-pyrrole nitrogens is 1. The Bertz CT molecular complexity index is 1410. The second-order valence-corrected chi connectivity index (χ2v) is 8.27. The third-order valence-corrected chi connectivity index (χ3v) is 6.68. The normalized spacial score (nSPS) is 17.8. The molecule has 1 unspecified atom stereocenters. The maximum atomic E-state index is 3.81. The molecule has 6 rings (SSSR count).